The predicted molar refractivity (Wildman–Crippen MR) is 67.9 cm³/mol. The van der Waals surface area contributed by atoms with Gasteiger partial charge in [-0.05, 0) is 25.1 Å². The van der Waals surface area contributed by atoms with E-state index in [0.717, 1.165) is 0 Å². The van der Waals surface area contributed by atoms with Crippen LogP contribution in [0, 0.1) is 11.3 Å². The van der Waals surface area contributed by atoms with Crippen LogP contribution in [0.3, 0.4) is 0 Å². The summed E-state index contributed by atoms with van der Waals surface area (Å²) in [5, 5.41) is 11.8. The quantitative estimate of drug-likeness (QED) is 0.894. The zero-order chi connectivity index (χ0) is 12.7. The maximum absolute atomic E-state index is 11.8. The monoisotopic (exact) mass is 251 g/mol. The first-order valence-corrected chi connectivity index (χ1v) is 5.73. The Kier molecular flexibility index (Phi) is 5.31. The van der Waals surface area contributed by atoms with Gasteiger partial charge < -0.3 is 10.2 Å². The highest BCUT2D eigenvalue weighted by Crippen LogP contribution is 2.15. The van der Waals surface area contributed by atoms with Crippen molar-refractivity contribution in [1.82, 2.24) is 4.90 Å². The van der Waals surface area contributed by atoms with Crippen molar-refractivity contribution in [3.63, 3.8) is 0 Å². The SMILES string of the molecule is CCN(CCC#N)C(=O)Nc1cccc(Cl)c1. The Bertz CT molecular complexity index is 428. The molecule has 0 heterocycles. The molecule has 0 bridgehead atoms. The summed E-state index contributed by atoms with van der Waals surface area (Å²) in [6.45, 7) is 2.86. The Morgan fingerprint density at radius 3 is 2.94 bits per heavy atom. The summed E-state index contributed by atoms with van der Waals surface area (Å²) in [5.41, 5.74) is 0.651. The van der Waals surface area contributed by atoms with Crippen molar-refractivity contribution in [3.05, 3.63) is 29.3 Å². The smallest absolute Gasteiger partial charge is 0.321 e. The second-order valence-corrected chi connectivity index (χ2v) is 3.86. The number of anilines is 1. The van der Waals surface area contributed by atoms with Crippen LogP contribution in [-0.2, 0) is 0 Å². The molecule has 1 aromatic carbocycles. The fraction of sp³-hybridized carbons (Fsp3) is 0.333. The summed E-state index contributed by atoms with van der Waals surface area (Å²) in [6.07, 6.45) is 0.330. The number of hydrogen-bond donors (Lipinski definition) is 1. The van der Waals surface area contributed by atoms with E-state index in [1.807, 2.05) is 13.0 Å². The van der Waals surface area contributed by atoms with Crippen LogP contribution in [0.15, 0.2) is 24.3 Å². The molecule has 0 saturated heterocycles. The van der Waals surface area contributed by atoms with E-state index in [2.05, 4.69) is 5.32 Å². The number of carbonyl (C=O) groups is 1. The first-order valence-electron chi connectivity index (χ1n) is 5.35. The van der Waals surface area contributed by atoms with Gasteiger partial charge in [0.15, 0.2) is 0 Å². The van der Waals surface area contributed by atoms with E-state index in [0.29, 0.717) is 30.2 Å². The highest BCUT2D eigenvalue weighted by Gasteiger charge is 2.10. The van der Waals surface area contributed by atoms with Gasteiger partial charge >= 0.3 is 6.03 Å². The van der Waals surface area contributed by atoms with E-state index in [4.69, 9.17) is 16.9 Å². The van der Waals surface area contributed by atoms with Crippen molar-refractivity contribution in [2.24, 2.45) is 0 Å². The third-order valence-corrected chi connectivity index (χ3v) is 2.47. The molecule has 90 valence electrons. The molecule has 0 radical (unpaired) electrons. The van der Waals surface area contributed by atoms with Crippen molar-refractivity contribution in [2.45, 2.75) is 13.3 Å². The Morgan fingerprint density at radius 1 is 1.59 bits per heavy atom. The maximum Gasteiger partial charge on any atom is 0.321 e. The summed E-state index contributed by atoms with van der Waals surface area (Å²) < 4.78 is 0. The van der Waals surface area contributed by atoms with Crippen LogP contribution in [0.5, 0.6) is 0 Å². The molecule has 0 aromatic heterocycles. The molecule has 4 nitrogen and oxygen atoms in total. The zero-order valence-electron chi connectivity index (χ0n) is 9.61. The fourth-order valence-corrected chi connectivity index (χ4v) is 1.55. The number of carbonyl (C=O) groups excluding carboxylic acids is 1. The minimum atomic E-state index is -0.218. The Labute approximate surface area is 106 Å². The number of benzene rings is 1. The first-order chi connectivity index (χ1) is 8.17. The van der Waals surface area contributed by atoms with Gasteiger partial charge in [-0.1, -0.05) is 17.7 Å². The third-order valence-electron chi connectivity index (χ3n) is 2.24. The molecule has 1 aromatic rings. The molecule has 0 aliphatic heterocycles. The summed E-state index contributed by atoms with van der Waals surface area (Å²) in [5.74, 6) is 0. The van der Waals surface area contributed by atoms with E-state index in [-0.39, 0.29) is 6.03 Å². The summed E-state index contributed by atoms with van der Waals surface area (Å²) >= 11 is 5.82. The number of nitrogens with one attached hydrogen (secondary N) is 1. The summed E-state index contributed by atoms with van der Waals surface area (Å²) in [7, 11) is 0. The van der Waals surface area contributed by atoms with Crippen molar-refractivity contribution in [1.29, 1.82) is 5.26 Å². The predicted octanol–water partition coefficient (Wildman–Crippen LogP) is 3.11. The van der Waals surface area contributed by atoms with Crippen LogP contribution < -0.4 is 5.32 Å². The number of halogens is 1. The second-order valence-electron chi connectivity index (χ2n) is 3.43. The molecule has 0 spiro atoms. The first kappa shape index (κ1) is 13.3. The Balaban J connectivity index is 2.61. The fourth-order valence-electron chi connectivity index (χ4n) is 1.36. The van der Waals surface area contributed by atoms with Gasteiger partial charge in [0, 0.05) is 23.8 Å². The van der Waals surface area contributed by atoms with E-state index in [1.54, 1.807) is 29.2 Å². The highest BCUT2D eigenvalue weighted by molar-refractivity contribution is 6.30. The van der Waals surface area contributed by atoms with Gasteiger partial charge in [0.2, 0.25) is 0 Å². The molecule has 0 atom stereocenters. The van der Waals surface area contributed by atoms with Gasteiger partial charge in [0.1, 0.15) is 0 Å². The van der Waals surface area contributed by atoms with Gasteiger partial charge in [0.25, 0.3) is 0 Å². The van der Waals surface area contributed by atoms with E-state index in [9.17, 15) is 4.79 Å². The van der Waals surface area contributed by atoms with Gasteiger partial charge in [-0.25, -0.2) is 4.79 Å². The Morgan fingerprint density at radius 2 is 2.35 bits per heavy atom. The lowest BCUT2D eigenvalue weighted by molar-refractivity contribution is 0.215. The van der Waals surface area contributed by atoms with Gasteiger partial charge in [0.05, 0.1) is 12.5 Å². The molecule has 1 N–H and O–H groups in total. The number of nitrogens with zero attached hydrogens (tertiary/aromatic N) is 2. The lowest BCUT2D eigenvalue weighted by Gasteiger charge is -2.20. The molecule has 0 fully saturated rings. The molecule has 17 heavy (non-hydrogen) atoms. The summed E-state index contributed by atoms with van der Waals surface area (Å²) in [4.78, 5) is 13.4. The van der Waals surface area contributed by atoms with Crippen molar-refractivity contribution >= 4 is 23.3 Å². The third kappa shape index (κ3) is 4.33. The van der Waals surface area contributed by atoms with Crippen LogP contribution >= 0.6 is 11.6 Å². The maximum atomic E-state index is 11.8. The normalized spacial score (nSPS) is 9.47. The van der Waals surface area contributed by atoms with Crippen LogP contribution in [-0.4, -0.2) is 24.0 Å². The van der Waals surface area contributed by atoms with Crippen LogP contribution in [0.1, 0.15) is 13.3 Å². The molecule has 1 rings (SSSR count). The Hall–Kier alpha value is -1.73. The minimum Gasteiger partial charge on any atom is -0.324 e. The zero-order valence-corrected chi connectivity index (χ0v) is 10.4. The molecule has 5 heteroatoms. The number of urea groups is 1. The van der Waals surface area contributed by atoms with Gasteiger partial charge in [-0.15, -0.1) is 0 Å². The number of rotatable bonds is 4. The molecular weight excluding hydrogens is 238 g/mol. The second kappa shape index (κ2) is 6.77. The van der Waals surface area contributed by atoms with E-state index >= 15 is 0 Å². The lowest BCUT2D eigenvalue weighted by Crippen LogP contribution is -2.35. The van der Waals surface area contributed by atoms with Gasteiger partial charge in [-0.2, -0.15) is 5.26 Å². The largest absolute Gasteiger partial charge is 0.324 e. The van der Waals surface area contributed by atoms with Crippen LogP contribution in [0.2, 0.25) is 5.02 Å². The molecule has 0 aliphatic carbocycles. The number of nitriles is 1. The average molecular weight is 252 g/mol. The lowest BCUT2D eigenvalue weighted by atomic mass is 10.3. The van der Waals surface area contributed by atoms with Crippen LogP contribution in [0.4, 0.5) is 10.5 Å². The number of amides is 2. The van der Waals surface area contributed by atoms with Crippen LogP contribution in [0.25, 0.3) is 0 Å². The highest BCUT2D eigenvalue weighted by atomic mass is 35.5. The van der Waals surface area contributed by atoms with E-state index < -0.39 is 0 Å². The molecule has 0 saturated carbocycles. The van der Waals surface area contributed by atoms with Crippen molar-refractivity contribution < 1.29 is 4.79 Å². The summed E-state index contributed by atoms with van der Waals surface area (Å²) in [6, 6.07) is 8.75. The molecule has 2 amide bonds. The minimum absolute atomic E-state index is 0.218. The van der Waals surface area contributed by atoms with Crippen molar-refractivity contribution in [3.8, 4) is 6.07 Å². The number of hydrogen-bond acceptors (Lipinski definition) is 2. The molecular formula is C12H14ClN3O. The van der Waals surface area contributed by atoms with E-state index in [1.165, 1.54) is 0 Å². The van der Waals surface area contributed by atoms with Gasteiger partial charge in [-0.3, -0.25) is 0 Å². The molecule has 0 aliphatic rings. The average Bonchev–Trinajstić information content (AvgIpc) is 2.30. The molecule has 0 unspecified atom stereocenters. The topological polar surface area (TPSA) is 56.1 Å². The standard InChI is InChI=1S/C12H14ClN3O/c1-2-16(8-4-7-14)12(17)15-11-6-3-5-10(13)9-11/h3,5-6,9H,2,4,8H2,1H3,(H,15,17). The van der Waals surface area contributed by atoms with Crippen molar-refractivity contribution in [2.75, 3.05) is 18.4 Å².